The first-order valence-corrected chi connectivity index (χ1v) is 10.9. The SMILES string of the molecule is c1ccc(Nc2nc(N3CCN(C4CCCCC4)CC3)nc3ccccc23)cc1. The van der Waals surface area contributed by atoms with Crippen molar-refractivity contribution in [3.05, 3.63) is 54.6 Å². The minimum Gasteiger partial charge on any atom is -0.340 e. The van der Waals surface area contributed by atoms with Crippen LogP contribution in [0.5, 0.6) is 0 Å². The molecule has 2 heterocycles. The number of aromatic nitrogens is 2. The van der Waals surface area contributed by atoms with E-state index in [0.29, 0.717) is 0 Å². The van der Waals surface area contributed by atoms with Crippen LogP contribution in [0.2, 0.25) is 0 Å². The molecule has 0 atom stereocenters. The Balaban J connectivity index is 1.37. The van der Waals surface area contributed by atoms with Crippen LogP contribution in [0.4, 0.5) is 17.5 Å². The molecule has 1 saturated heterocycles. The number of rotatable bonds is 4. The Kier molecular flexibility index (Phi) is 5.31. The zero-order valence-corrected chi connectivity index (χ0v) is 16.9. The minimum absolute atomic E-state index is 0.790. The Morgan fingerprint density at radius 2 is 1.48 bits per heavy atom. The average molecular weight is 388 g/mol. The zero-order valence-electron chi connectivity index (χ0n) is 16.9. The molecule has 0 amide bonds. The Morgan fingerprint density at radius 1 is 0.759 bits per heavy atom. The van der Waals surface area contributed by atoms with Gasteiger partial charge < -0.3 is 10.2 Å². The molecular weight excluding hydrogens is 358 g/mol. The van der Waals surface area contributed by atoms with E-state index in [9.17, 15) is 0 Å². The quantitative estimate of drug-likeness (QED) is 0.695. The fraction of sp³-hybridized carbons (Fsp3) is 0.417. The maximum absolute atomic E-state index is 4.94. The summed E-state index contributed by atoms with van der Waals surface area (Å²) in [6.07, 6.45) is 6.95. The summed E-state index contributed by atoms with van der Waals surface area (Å²) in [6, 6.07) is 19.3. The van der Waals surface area contributed by atoms with Crippen LogP contribution in [0, 0.1) is 0 Å². The number of anilines is 3. The molecule has 0 unspecified atom stereocenters. The molecule has 0 spiro atoms. The van der Waals surface area contributed by atoms with Crippen LogP contribution >= 0.6 is 0 Å². The molecule has 0 bridgehead atoms. The summed E-state index contributed by atoms with van der Waals surface area (Å²) in [7, 11) is 0. The first-order chi connectivity index (χ1) is 14.4. The number of benzene rings is 2. The van der Waals surface area contributed by atoms with Crippen molar-refractivity contribution >= 4 is 28.4 Å². The van der Waals surface area contributed by atoms with Crippen LogP contribution in [0.3, 0.4) is 0 Å². The van der Waals surface area contributed by atoms with Crippen LogP contribution in [0.1, 0.15) is 32.1 Å². The third kappa shape index (κ3) is 4.06. The molecule has 5 rings (SSSR count). The lowest BCUT2D eigenvalue weighted by Crippen LogP contribution is -2.51. The van der Waals surface area contributed by atoms with Gasteiger partial charge >= 0.3 is 0 Å². The van der Waals surface area contributed by atoms with Gasteiger partial charge in [-0.3, -0.25) is 4.90 Å². The van der Waals surface area contributed by atoms with Gasteiger partial charge in [0, 0.05) is 43.3 Å². The van der Waals surface area contributed by atoms with E-state index in [1.54, 1.807) is 0 Å². The summed E-state index contributed by atoms with van der Waals surface area (Å²) in [5.74, 6) is 1.72. The first-order valence-electron chi connectivity index (χ1n) is 10.9. The molecule has 3 aromatic rings. The van der Waals surface area contributed by atoms with Gasteiger partial charge in [0.15, 0.2) is 0 Å². The number of fused-ring (bicyclic) bond motifs is 1. The van der Waals surface area contributed by atoms with Crippen molar-refractivity contribution < 1.29 is 0 Å². The van der Waals surface area contributed by atoms with Gasteiger partial charge in [-0.25, -0.2) is 4.98 Å². The predicted molar refractivity (Wildman–Crippen MR) is 120 cm³/mol. The number of nitrogens with one attached hydrogen (secondary N) is 1. The monoisotopic (exact) mass is 387 g/mol. The van der Waals surface area contributed by atoms with Gasteiger partial charge in [-0.2, -0.15) is 4.98 Å². The van der Waals surface area contributed by atoms with E-state index in [0.717, 1.165) is 60.6 Å². The highest BCUT2D eigenvalue weighted by Gasteiger charge is 2.26. The van der Waals surface area contributed by atoms with Crippen molar-refractivity contribution in [1.82, 2.24) is 14.9 Å². The van der Waals surface area contributed by atoms with Gasteiger partial charge in [0.25, 0.3) is 0 Å². The largest absolute Gasteiger partial charge is 0.340 e. The van der Waals surface area contributed by atoms with Gasteiger partial charge in [0.2, 0.25) is 5.95 Å². The smallest absolute Gasteiger partial charge is 0.227 e. The van der Waals surface area contributed by atoms with E-state index in [1.165, 1.54) is 32.1 Å². The van der Waals surface area contributed by atoms with E-state index < -0.39 is 0 Å². The maximum atomic E-state index is 4.94. The maximum Gasteiger partial charge on any atom is 0.227 e. The highest BCUT2D eigenvalue weighted by Crippen LogP contribution is 2.28. The fourth-order valence-electron chi connectivity index (χ4n) is 4.69. The Labute approximate surface area is 172 Å². The van der Waals surface area contributed by atoms with E-state index in [1.807, 2.05) is 30.3 Å². The lowest BCUT2D eigenvalue weighted by molar-refractivity contribution is 0.147. The molecule has 2 fully saturated rings. The normalized spacial score (nSPS) is 18.8. The molecule has 5 heteroatoms. The molecule has 0 radical (unpaired) electrons. The molecule has 2 aliphatic rings. The predicted octanol–water partition coefficient (Wildman–Crippen LogP) is 4.83. The lowest BCUT2D eigenvalue weighted by atomic mass is 9.94. The summed E-state index contributed by atoms with van der Waals surface area (Å²) in [6.45, 7) is 4.23. The second-order valence-corrected chi connectivity index (χ2v) is 8.20. The average Bonchev–Trinajstić information content (AvgIpc) is 2.80. The molecule has 1 aliphatic heterocycles. The van der Waals surface area contributed by atoms with Gasteiger partial charge in [-0.1, -0.05) is 49.6 Å². The van der Waals surface area contributed by atoms with Gasteiger partial charge in [-0.15, -0.1) is 0 Å². The van der Waals surface area contributed by atoms with Crippen LogP contribution in [-0.2, 0) is 0 Å². The zero-order chi connectivity index (χ0) is 19.5. The van der Waals surface area contributed by atoms with Crippen molar-refractivity contribution in [3.63, 3.8) is 0 Å². The van der Waals surface area contributed by atoms with Crippen LogP contribution in [0.15, 0.2) is 54.6 Å². The number of para-hydroxylation sites is 2. The first kappa shape index (κ1) is 18.4. The summed E-state index contributed by atoms with van der Waals surface area (Å²) in [4.78, 5) is 14.9. The minimum atomic E-state index is 0.790. The topological polar surface area (TPSA) is 44.3 Å². The van der Waals surface area contributed by atoms with E-state index in [4.69, 9.17) is 9.97 Å². The van der Waals surface area contributed by atoms with Crippen molar-refractivity contribution in [2.75, 3.05) is 36.4 Å². The summed E-state index contributed by atoms with van der Waals surface area (Å²) >= 11 is 0. The summed E-state index contributed by atoms with van der Waals surface area (Å²) in [5, 5.41) is 4.56. The molecule has 150 valence electrons. The standard InChI is InChI=1S/C24H29N5/c1-3-9-19(10-4-1)25-23-21-13-7-8-14-22(21)26-24(27-23)29-17-15-28(16-18-29)20-11-5-2-6-12-20/h1,3-4,7-10,13-14,20H,2,5-6,11-12,15-18H2,(H,25,26,27). The van der Waals surface area contributed by atoms with Crippen LogP contribution < -0.4 is 10.2 Å². The molecule has 1 aliphatic carbocycles. The third-order valence-corrected chi connectivity index (χ3v) is 6.32. The molecule has 29 heavy (non-hydrogen) atoms. The second kappa shape index (κ2) is 8.37. The van der Waals surface area contributed by atoms with E-state index in [-0.39, 0.29) is 0 Å². The molecule has 1 saturated carbocycles. The molecule has 5 nitrogen and oxygen atoms in total. The molecule has 2 aromatic carbocycles. The van der Waals surface area contributed by atoms with Crippen molar-refractivity contribution in [3.8, 4) is 0 Å². The third-order valence-electron chi connectivity index (χ3n) is 6.32. The van der Waals surface area contributed by atoms with Crippen molar-refractivity contribution in [2.45, 2.75) is 38.1 Å². The van der Waals surface area contributed by atoms with Gasteiger partial charge in [-0.05, 0) is 37.1 Å². The van der Waals surface area contributed by atoms with Gasteiger partial charge in [0.05, 0.1) is 5.52 Å². The van der Waals surface area contributed by atoms with E-state index >= 15 is 0 Å². The second-order valence-electron chi connectivity index (χ2n) is 8.20. The number of hydrogen-bond donors (Lipinski definition) is 1. The summed E-state index contributed by atoms with van der Waals surface area (Å²) in [5.41, 5.74) is 2.04. The number of piperazine rings is 1. The summed E-state index contributed by atoms with van der Waals surface area (Å²) < 4.78 is 0. The molecular formula is C24H29N5. The Morgan fingerprint density at radius 3 is 2.28 bits per heavy atom. The molecule has 1 N–H and O–H groups in total. The molecule has 1 aromatic heterocycles. The number of hydrogen-bond acceptors (Lipinski definition) is 5. The van der Waals surface area contributed by atoms with Crippen LogP contribution in [0.25, 0.3) is 10.9 Å². The van der Waals surface area contributed by atoms with Gasteiger partial charge in [0.1, 0.15) is 5.82 Å². The highest BCUT2D eigenvalue weighted by molar-refractivity contribution is 5.91. The van der Waals surface area contributed by atoms with E-state index in [2.05, 4.69) is 39.4 Å². The Bertz CT molecular complexity index is 944. The van der Waals surface area contributed by atoms with Crippen LogP contribution in [-0.4, -0.2) is 47.1 Å². The Hall–Kier alpha value is -2.66. The van der Waals surface area contributed by atoms with Crippen molar-refractivity contribution in [2.24, 2.45) is 0 Å². The number of nitrogens with zero attached hydrogens (tertiary/aromatic N) is 4. The van der Waals surface area contributed by atoms with Crippen molar-refractivity contribution in [1.29, 1.82) is 0 Å². The fourth-order valence-corrected chi connectivity index (χ4v) is 4.69. The lowest BCUT2D eigenvalue weighted by Gasteiger charge is -2.40. The highest BCUT2D eigenvalue weighted by atomic mass is 15.3.